The minimum absolute atomic E-state index is 0.0396. The van der Waals surface area contributed by atoms with Crippen LogP contribution < -0.4 is 15.4 Å². The smallest absolute Gasteiger partial charge is 0.227 e. The molecule has 0 aromatic heterocycles. The van der Waals surface area contributed by atoms with Crippen molar-refractivity contribution in [1.82, 2.24) is 10.6 Å². The van der Waals surface area contributed by atoms with Crippen LogP contribution in [0, 0.1) is 5.92 Å². The Morgan fingerprint density at radius 1 is 1.29 bits per heavy atom. The third kappa shape index (κ3) is 5.02. The van der Waals surface area contributed by atoms with Gasteiger partial charge in [-0.1, -0.05) is 25.1 Å². The molecule has 1 aliphatic heterocycles. The van der Waals surface area contributed by atoms with Crippen LogP contribution in [0.3, 0.4) is 0 Å². The van der Waals surface area contributed by atoms with E-state index in [1.165, 1.54) is 0 Å². The molecule has 5 nitrogen and oxygen atoms in total. The summed E-state index contributed by atoms with van der Waals surface area (Å²) in [5.41, 5.74) is 0. The fourth-order valence-electron chi connectivity index (χ4n) is 2.33. The number of hydrogen-bond donors (Lipinski definition) is 2. The van der Waals surface area contributed by atoms with Gasteiger partial charge in [0.2, 0.25) is 5.91 Å². The van der Waals surface area contributed by atoms with Gasteiger partial charge in [-0.25, -0.2) is 0 Å². The summed E-state index contributed by atoms with van der Waals surface area (Å²) in [5.74, 6) is 0.754. The maximum absolute atomic E-state index is 12.1. The van der Waals surface area contributed by atoms with E-state index in [9.17, 15) is 4.79 Å². The molecule has 2 unspecified atom stereocenters. The predicted molar refractivity (Wildman–Crippen MR) is 81.3 cm³/mol. The highest BCUT2D eigenvalue weighted by molar-refractivity contribution is 5.79. The Morgan fingerprint density at radius 3 is 2.86 bits per heavy atom. The van der Waals surface area contributed by atoms with Crippen molar-refractivity contribution in [1.29, 1.82) is 0 Å². The molecule has 116 valence electrons. The van der Waals surface area contributed by atoms with Gasteiger partial charge >= 0.3 is 0 Å². The average Bonchev–Trinajstić information content (AvgIpc) is 2.99. The van der Waals surface area contributed by atoms with Crippen LogP contribution in [0.25, 0.3) is 0 Å². The Bertz CT molecular complexity index is 425. The minimum Gasteiger partial charge on any atom is -0.492 e. The van der Waals surface area contributed by atoms with Gasteiger partial charge in [0.05, 0.1) is 25.7 Å². The summed E-state index contributed by atoms with van der Waals surface area (Å²) in [7, 11) is 0. The van der Waals surface area contributed by atoms with Gasteiger partial charge in [-0.05, 0) is 25.1 Å². The van der Waals surface area contributed by atoms with Crippen LogP contribution >= 0.6 is 0 Å². The van der Waals surface area contributed by atoms with Crippen molar-refractivity contribution < 1.29 is 14.3 Å². The Morgan fingerprint density at radius 2 is 2.10 bits per heavy atom. The molecule has 0 radical (unpaired) electrons. The van der Waals surface area contributed by atoms with E-state index in [1.807, 2.05) is 30.3 Å². The fourth-order valence-corrected chi connectivity index (χ4v) is 2.33. The Balaban J connectivity index is 1.66. The summed E-state index contributed by atoms with van der Waals surface area (Å²) in [4.78, 5) is 12.1. The largest absolute Gasteiger partial charge is 0.492 e. The minimum atomic E-state index is -0.103. The monoisotopic (exact) mass is 292 g/mol. The van der Waals surface area contributed by atoms with Gasteiger partial charge in [0.1, 0.15) is 12.4 Å². The van der Waals surface area contributed by atoms with E-state index < -0.39 is 0 Å². The highest BCUT2D eigenvalue weighted by Crippen LogP contribution is 2.14. The number of para-hydroxylation sites is 1. The van der Waals surface area contributed by atoms with E-state index in [0.717, 1.165) is 18.7 Å². The SMILES string of the molecule is CCCNC1COCC1C(=O)NCCOc1ccccc1. The van der Waals surface area contributed by atoms with E-state index in [2.05, 4.69) is 17.6 Å². The molecule has 2 N–H and O–H groups in total. The molecule has 2 rings (SSSR count). The van der Waals surface area contributed by atoms with Crippen LogP contribution in [0.2, 0.25) is 0 Å². The molecule has 1 heterocycles. The maximum atomic E-state index is 12.1. The van der Waals surface area contributed by atoms with E-state index in [1.54, 1.807) is 0 Å². The van der Waals surface area contributed by atoms with Crippen molar-refractivity contribution in [2.24, 2.45) is 5.92 Å². The van der Waals surface area contributed by atoms with Crippen LogP contribution in [0.5, 0.6) is 5.75 Å². The van der Waals surface area contributed by atoms with Gasteiger partial charge in [-0.3, -0.25) is 4.79 Å². The summed E-state index contributed by atoms with van der Waals surface area (Å²) in [6, 6.07) is 9.72. The van der Waals surface area contributed by atoms with Gasteiger partial charge < -0.3 is 20.1 Å². The normalized spacial score (nSPS) is 21.2. The first-order valence-corrected chi connectivity index (χ1v) is 7.58. The lowest BCUT2D eigenvalue weighted by atomic mass is 10.0. The number of carbonyl (C=O) groups is 1. The van der Waals surface area contributed by atoms with Crippen LogP contribution in [-0.2, 0) is 9.53 Å². The lowest BCUT2D eigenvalue weighted by Gasteiger charge is -2.18. The third-order valence-electron chi connectivity index (χ3n) is 3.49. The lowest BCUT2D eigenvalue weighted by molar-refractivity contribution is -0.125. The third-order valence-corrected chi connectivity index (χ3v) is 3.49. The number of rotatable bonds is 8. The maximum Gasteiger partial charge on any atom is 0.227 e. The van der Waals surface area contributed by atoms with Gasteiger partial charge in [0, 0.05) is 6.04 Å². The first-order chi connectivity index (χ1) is 10.3. The molecular weight excluding hydrogens is 268 g/mol. The second kappa shape index (κ2) is 8.64. The van der Waals surface area contributed by atoms with Crippen LogP contribution in [-0.4, -0.2) is 44.9 Å². The quantitative estimate of drug-likeness (QED) is 0.707. The van der Waals surface area contributed by atoms with E-state index in [-0.39, 0.29) is 17.9 Å². The van der Waals surface area contributed by atoms with Crippen molar-refractivity contribution in [3.63, 3.8) is 0 Å². The average molecular weight is 292 g/mol. The van der Waals surface area contributed by atoms with Crippen molar-refractivity contribution >= 4 is 5.91 Å². The number of hydrogen-bond acceptors (Lipinski definition) is 4. The van der Waals surface area contributed by atoms with Gasteiger partial charge in [-0.2, -0.15) is 0 Å². The zero-order chi connectivity index (χ0) is 14.9. The zero-order valence-corrected chi connectivity index (χ0v) is 12.5. The summed E-state index contributed by atoms with van der Waals surface area (Å²) in [6.45, 7) is 5.10. The first kappa shape index (κ1) is 15.8. The molecule has 1 aromatic rings. The highest BCUT2D eigenvalue weighted by Gasteiger charge is 2.33. The standard InChI is InChI=1S/C16H24N2O3/c1-2-8-17-15-12-20-11-14(15)16(19)18-9-10-21-13-6-4-3-5-7-13/h3-7,14-15,17H,2,8-12H2,1H3,(H,18,19). The lowest BCUT2D eigenvalue weighted by Crippen LogP contribution is -2.45. The number of benzene rings is 1. The molecule has 1 saturated heterocycles. The van der Waals surface area contributed by atoms with E-state index in [0.29, 0.717) is 26.4 Å². The Hall–Kier alpha value is -1.59. The number of carbonyl (C=O) groups excluding carboxylic acids is 1. The predicted octanol–water partition coefficient (Wildman–Crippen LogP) is 1.20. The molecule has 1 aromatic carbocycles. The molecule has 1 amide bonds. The topological polar surface area (TPSA) is 59.6 Å². The van der Waals surface area contributed by atoms with Crippen LogP contribution in [0.15, 0.2) is 30.3 Å². The van der Waals surface area contributed by atoms with Gasteiger partial charge in [0.15, 0.2) is 0 Å². The van der Waals surface area contributed by atoms with Crippen molar-refractivity contribution in [2.45, 2.75) is 19.4 Å². The number of nitrogens with one attached hydrogen (secondary N) is 2. The van der Waals surface area contributed by atoms with Gasteiger partial charge in [0.25, 0.3) is 0 Å². The molecule has 0 spiro atoms. The summed E-state index contributed by atoms with van der Waals surface area (Å²) in [6.07, 6.45) is 1.05. The van der Waals surface area contributed by atoms with Crippen LogP contribution in [0.4, 0.5) is 0 Å². The molecule has 1 aliphatic rings. The van der Waals surface area contributed by atoms with Crippen molar-refractivity contribution in [3.8, 4) is 5.75 Å². The highest BCUT2D eigenvalue weighted by atomic mass is 16.5. The molecule has 0 aliphatic carbocycles. The molecule has 0 saturated carbocycles. The van der Waals surface area contributed by atoms with Gasteiger partial charge in [-0.15, -0.1) is 0 Å². The second-order valence-electron chi connectivity index (χ2n) is 5.16. The van der Waals surface area contributed by atoms with E-state index in [4.69, 9.17) is 9.47 Å². The summed E-state index contributed by atoms with van der Waals surface area (Å²) < 4.78 is 11.0. The van der Waals surface area contributed by atoms with E-state index >= 15 is 0 Å². The Labute approximate surface area is 126 Å². The number of ether oxygens (including phenoxy) is 2. The molecule has 1 fully saturated rings. The molecule has 2 atom stereocenters. The second-order valence-corrected chi connectivity index (χ2v) is 5.16. The van der Waals surface area contributed by atoms with Crippen molar-refractivity contribution in [3.05, 3.63) is 30.3 Å². The summed E-state index contributed by atoms with van der Waals surface area (Å²) in [5, 5.41) is 6.28. The van der Waals surface area contributed by atoms with Crippen LogP contribution in [0.1, 0.15) is 13.3 Å². The first-order valence-electron chi connectivity index (χ1n) is 7.58. The fraction of sp³-hybridized carbons (Fsp3) is 0.562. The number of amides is 1. The Kier molecular flexibility index (Phi) is 6.50. The molecule has 0 bridgehead atoms. The molecule has 21 heavy (non-hydrogen) atoms. The molecule has 5 heteroatoms. The zero-order valence-electron chi connectivity index (χ0n) is 12.5. The molecular formula is C16H24N2O3. The summed E-state index contributed by atoms with van der Waals surface area (Å²) >= 11 is 0. The van der Waals surface area contributed by atoms with Crippen molar-refractivity contribution in [2.75, 3.05) is 32.9 Å².